The van der Waals surface area contributed by atoms with Gasteiger partial charge in [0.1, 0.15) is 5.82 Å². The first kappa shape index (κ1) is 14.0. The maximum Gasteiger partial charge on any atom is 0.250 e. The number of aliphatic hydroxyl groups is 1. The summed E-state index contributed by atoms with van der Waals surface area (Å²) in [5.41, 5.74) is 5.64. The molecule has 1 aromatic carbocycles. The number of rotatable bonds is 3. The highest BCUT2D eigenvalue weighted by atomic mass is 19.1. The Kier molecular flexibility index (Phi) is 3.87. The number of piperidine rings is 1. The van der Waals surface area contributed by atoms with Crippen molar-refractivity contribution < 1.29 is 14.3 Å². The molecule has 1 saturated heterocycles. The van der Waals surface area contributed by atoms with Gasteiger partial charge in [0, 0.05) is 13.1 Å². The minimum Gasteiger partial charge on any atom is -0.379 e. The van der Waals surface area contributed by atoms with Crippen molar-refractivity contribution in [1.29, 1.82) is 0 Å². The van der Waals surface area contributed by atoms with Crippen LogP contribution in [0, 0.1) is 12.7 Å². The van der Waals surface area contributed by atoms with Crippen molar-refractivity contribution in [3.05, 3.63) is 35.1 Å². The SMILES string of the molecule is Cc1ccc(F)cc1CN1CCCC(O)(C(N)=O)C1. The van der Waals surface area contributed by atoms with Crippen LogP contribution in [0.4, 0.5) is 4.39 Å². The zero-order chi connectivity index (χ0) is 14.0. The maximum absolute atomic E-state index is 13.2. The van der Waals surface area contributed by atoms with E-state index in [1.54, 1.807) is 6.07 Å². The van der Waals surface area contributed by atoms with Crippen LogP contribution in [-0.4, -0.2) is 34.6 Å². The molecule has 0 radical (unpaired) electrons. The van der Waals surface area contributed by atoms with Gasteiger partial charge >= 0.3 is 0 Å². The van der Waals surface area contributed by atoms with E-state index in [4.69, 9.17) is 5.73 Å². The van der Waals surface area contributed by atoms with Crippen molar-refractivity contribution >= 4 is 5.91 Å². The van der Waals surface area contributed by atoms with Gasteiger partial charge in [-0.25, -0.2) is 4.39 Å². The lowest BCUT2D eigenvalue weighted by atomic mass is 9.91. The molecule has 1 aliphatic heterocycles. The van der Waals surface area contributed by atoms with E-state index in [-0.39, 0.29) is 12.4 Å². The third-order valence-corrected chi connectivity index (χ3v) is 3.71. The van der Waals surface area contributed by atoms with Crippen LogP contribution in [-0.2, 0) is 11.3 Å². The monoisotopic (exact) mass is 266 g/mol. The second kappa shape index (κ2) is 5.27. The number of amides is 1. The average molecular weight is 266 g/mol. The third-order valence-electron chi connectivity index (χ3n) is 3.71. The standard InChI is InChI=1S/C14H19FN2O2/c1-10-3-4-12(15)7-11(10)8-17-6-2-5-14(19,9-17)13(16)18/h3-4,7,19H,2,5-6,8-9H2,1H3,(H2,16,18). The van der Waals surface area contributed by atoms with E-state index in [2.05, 4.69) is 0 Å². The van der Waals surface area contributed by atoms with Crippen LogP contribution < -0.4 is 5.73 Å². The van der Waals surface area contributed by atoms with E-state index in [1.807, 2.05) is 11.8 Å². The number of hydrogen-bond donors (Lipinski definition) is 2. The fraction of sp³-hybridized carbons (Fsp3) is 0.500. The summed E-state index contributed by atoms with van der Waals surface area (Å²) in [5, 5.41) is 10.1. The summed E-state index contributed by atoms with van der Waals surface area (Å²) < 4.78 is 13.2. The summed E-state index contributed by atoms with van der Waals surface area (Å²) in [7, 11) is 0. The highest BCUT2D eigenvalue weighted by molar-refractivity contribution is 5.83. The lowest BCUT2D eigenvalue weighted by Crippen LogP contribution is -2.55. The molecule has 1 fully saturated rings. The molecule has 1 atom stereocenters. The summed E-state index contributed by atoms with van der Waals surface area (Å²) in [5.74, 6) is -0.962. The number of benzene rings is 1. The van der Waals surface area contributed by atoms with Gasteiger partial charge in [0.25, 0.3) is 5.91 Å². The minimum absolute atomic E-state index is 0.207. The van der Waals surface area contributed by atoms with Crippen molar-refractivity contribution in [3.63, 3.8) is 0 Å². The number of likely N-dealkylation sites (tertiary alicyclic amines) is 1. The normalized spacial score (nSPS) is 24.4. The van der Waals surface area contributed by atoms with E-state index >= 15 is 0 Å². The van der Waals surface area contributed by atoms with E-state index in [1.165, 1.54) is 12.1 Å². The Bertz CT molecular complexity index is 492. The number of carbonyl (C=O) groups is 1. The van der Waals surface area contributed by atoms with Gasteiger partial charge in [-0.2, -0.15) is 0 Å². The molecule has 104 valence electrons. The molecule has 1 unspecified atom stereocenters. The quantitative estimate of drug-likeness (QED) is 0.856. The maximum atomic E-state index is 13.2. The zero-order valence-electron chi connectivity index (χ0n) is 11.0. The molecule has 0 bridgehead atoms. The largest absolute Gasteiger partial charge is 0.379 e. The Balaban J connectivity index is 2.11. The van der Waals surface area contributed by atoms with Crippen LogP contribution >= 0.6 is 0 Å². The summed E-state index contributed by atoms with van der Waals surface area (Å²) in [4.78, 5) is 13.2. The molecule has 3 N–H and O–H groups in total. The average Bonchev–Trinajstić information content (AvgIpc) is 2.34. The number of nitrogens with zero attached hydrogens (tertiary/aromatic N) is 1. The second-order valence-corrected chi connectivity index (χ2v) is 5.28. The first-order chi connectivity index (χ1) is 8.90. The molecular weight excluding hydrogens is 247 g/mol. The fourth-order valence-corrected chi connectivity index (χ4v) is 2.51. The van der Waals surface area contributed by atoms with E-state index < -0.39 is 11.5 Å². The Morgan fingerprint density at radius 1 is 1.58 bits per heavy atom. The second-order valence-electron chi connectivity index (χ2n) is 5.28. The minimum atomic E-state index is -1.46. The van der Waals surface area contributed by atoms with Crippen LogP contribution in [0.1, 0.15) is 24.0 Å². The van der Waals surface area contributed by atoms with E-state index in [0.29, 0.717) is 19.4 Å². The predicted octanol–water partition coefficient (Wildman–Crippen LogP) is 0.946. The van der Waals surface area contributed by atoms with Crippen molar-refractivity contribution in [1.82, 2.24) is 4.90 Å². The molecule has 0 saturated carbocycles. The lowest BCUT2D eigenvalue weighted by Gasteiger charge is -2.37. The Morgan fingerprint density at radius 2 is 2.32 bits per heavy atom. The first-order valence-electron chi connectivity index (χ1n) is 6.40. The number of primary amides is 1. The molecule has 2 rings (SSSR count). The molecule has 0 aromatic heterocycles. The van der Waals surface area contributed by atoms with Crippen molar-refractivity contribution in [2.45, 2.75) is 31.9 Å². The number of halogens is 1. The van der Waals surface area contributed by atoms with Gasteiger partial charge in [0.2, 0.25) is 0 Å². The Morgan fingerprint density at radius 3 is 3.00 bits per heavy atom. The molecule has 1 amide bonds. The Hall–Kier alpha value is -1.46. The van der Waals surface area contributed by atoms with E-state index in [9.17, 15) is 14.3 Å². The fourth-order valence-electron chi connectivity index (χ4n) is 2.51. The Labute approximate surface area is 112 Å². The number of β-amino-alcohol motifs (C(OH)–C–C–N with tert-alkyl or cyclic N) is 1. The van der Waals surface area contributed by atoms with Gasteiger partial charge in [-0.3, -0.25) is 9.69 Å². The number of carbonyl (C=O) groups excluding carboxylic acids is 1. The highest BCUT2D eigenvalue weighted by Gasteiger charge is 2.38. The summed E-state index contributed by atoms with van der Waals surface area (Å²) in [6.07, 6.45) is 1.09. The number of aryl methyl sites for hydroxylation is 1. The molecule has 19 heavy (non-hydrogen) atoms. The van der Waals surface area contributed by atoms with Gasteiger partial charge in [-0.05, 0) is 49.6 Å². The predicted molar refractivity (Wildman–Crippen MR) is 69.8 cm³/mol. The first-order valence-corrected chi connectivity index (χ1v) is 6.40. The summed E-state index contributed by atoms with van der Waals surface area (Å²) >= 11 is 0. The molecular formula is C14H19FN2O2. The molecule has 0 spiro atoms. The molecule has 4 nitrogen and oxygen atoms in total. The van der Waals surface area contributed by atoms with Crippen LogP contribution in [0.15, 0.2) is 18.2 Å². The van der Waals surface area contributed by atoms with Crippen LogP contribution in [0.2, 0.25) is 0 Å². The van der Waals surface area contributed by atoms with Crippen molar-refractivity contribution in [2.24, 2.45) is 5.73 Å². The number of nitrogens with two attached hydrogens (primary N) is 1. The molecule has 0 aliphatic carbocycles. The molecule has 1 aromatic rings. The van der Waals surface area contributed by atoms with Gasteiger partial charge in [0.15, 0.2) is 5.60 Å². The van der Waals surface area contributed by atoms with Gasteiger partial charge < -0.3 is 10.8 Å². The highest BCUT2D eigenvalue weighted by Crippen LogP contribution is 2.23. The summed E-state index contributed by atoms with van der Waals surface area (Å²) in [6, 6.07) is 4.65. The van der Waals surface area contributed by atoms with Gasteiger partial charge in [-0.15, -0.1) is 0 Å². The van der Waals surface area contributed by atoms with Crippen LogP contribution in [0.5, 0.6) is 0 Å². The number of hydrogen-bond acceptors (Lipinski definition) is 3. The van der Waals surface area contributed by atoms with Crippen LogP contribution in [0.25, 0.3) is 0 Å². The lowest BCUT2D eigenvalue weighted by molar-refractivity contribution is -0.142. The molecule has 5 heteroatoms. The summed E-state index contributed by atoms with van der Waals surface area (Å²) in [6.45, 7) is 3.40. The zero-order valence-corrected chi connectivity index (χ0v) is 11.0. The van der Waals surface area contributed by atoms with Crippen molar-refractivity contribution in [2.75, 3.05) is 13.1 Å². The van der Waals surface area contributed by atoms with E-state index in [0.717, 1.165) is 17.7 Å². The smallest absolute Gasteiger partial charge is 0.250 e. The van der Waals surface area contributed by atoms with Gasteiger partial charge in [-0.1, -0.05) is 6.07 Å². The van der Waals surface area contributed by atoms with Crippen LogP contribution in [0.3, 0.4) is 0 Å². The third kappa shape index (κ3) is 3.11. The van der Waals surface area contributed by atoms with Crippen molar-refractivity contribution in [3.8, 4) is 0 Å². The molecule has 1 aliphatic rings. The van der Waals surface area contributed by atoms with Gasteiger partial charge in [0.05, 0.1) is 0 Å². The molecule has 1 heterocycles. The topological polar surface area (TPSA) is 66.6 Å².